The van der Waals surface area contributed by atoms with Crippen molar-refractivity contribution < 1.29 is 5.21 Å². The minimum atomic E-state index is 0.0525. The minimum absolute atomic E-state index is 0.0525. The molecule has 0 aliphatic heterocycles. The number of rotatable bonds is 4. The Morgan fingerprint density at radius 2 is 2.37 bits per heavy atom. The lowest BCUT2D eigenvalue weighted by Gasteiger charge is -2.05. The largest absolute Gasteiger partial charge is 0.409 e. The molecule has 0 radical (unpaired) electrons. The topological polar surface area (TPSA) is 71.5 Å². The first-order valence-corrected chi connectivity index (χ1v) is 7.65. The third-order valence-electron chi connectivity index (χ3n) is 2.41. The summed E-state index contributed by atoms with van der Waals surface area (Å²) in [5, 5.41) is 14.2. The smallest absolute Gasteiger partial charge is 0.170 e. The Morgan fingerprint density at radius 3 is 2.95 bits per heavy atom. The predicted molar refractivity (Wildman–Crippen MR) is 80.4 cm³/mol. The van der Waals surface area contributed by atoms with E-state index in [9.17, 15) is 0 Å². The number of oxime groups is 1. The fourth-order valence-corrected chi connectivity index (χ4v) is 3.60. The Balaban J connectivity index is 2.09. The van der Waals surface area contributed by atoms with Gasteiger partial charge in [-0.25, -0.2) is 4.98 Å². The normalized spacial score (nSPS) is 11.8. The van der Waals surface area contributed by atoms with Gasteiger partial charge in [0.05, 0.1) is 0 Å². The number of hydrogen-bond donors (Lipinski definition) is 2. The van der Waals surface area contributed by atoms with Crippen molar-refractivity contribution in [2.75, 3.05) is 0 Å². The van der Waals surface area contributed by atoms with E-state index >= 15 is 0 Å². The van der Waals surface area contributed by atoms with Gasteiger partial charge in [0.2, 0.25) is 0 Å². The third kappa shape index (κ3) is 3.62. The molecule has 0 amide bonds. The molecule has 100 valence electrons. The summed E-state index contributed by atoms with van der Waals surface area (Å²) in [7, 11) is 0. The first-order valence-electron chi connectivity index (χ1n) is 5.41. The zero-order valence-electron chi connectivity index (χ0n) is 10.1. The molecular formula is C12H12ClN3OS2. The van der Waals surface area contributed by atoms with Crippen molar-refractivity contribution >= 4 is 40.5 Å². The Bertz CT molecular complexity index is 613. The van der Waals surface area contributed by atoms with Crippen molar-refractivity contribution in [3.05, 3.63) is 45.4 Å². The number of thiazole rings is 1. The summed E-state index contributed by atoms with van der Waals surface area (Å²) in [6.45, 7) is 1.97. The molecule has 0 aliphatic rings. The average Bonchev–Trinajstić information content (AvgIpc) is 2.82. The maximum absolute atomic E-state index is 8.61. The number of aromatic nitrogens is 1. The van der Waals surface area contributed by atoms with E-state index in [-0.39, 0.29) is 5.84 Å². The molecule has 3 N–H and O–H groups in total. The molecule has 0 spiro atoms. The Hall–Kier alpha value is -1.24. The number of aryl methyl sites for hydroxylation is 1. The summed E-state index contributed by atoms with van der Waals surface area (Å²) in [6.07, 6.45) is 0. The number of nitrogens with zero attached hydrogens (tertiary/aromatic N) is 2. The lowest BCUT2D eigenvalue weighted by Crippen LogP contribution is -2.12. The molecule has 1 heterocycles. The average molecular weight is 314 g/mol. The monoisotopic (exact) mass is 313 g/mol. The molecule has 1 aromatic carbocycles. The molecule has 0 aliphatic carbocycles. The highest BCUT2D eigenvalue weighted by Crippen LogP contribution is 2.29. The maximum atomic E-state index is 8.61. The Morgan fingerprint density at radius 1 is 1.58 bits per heavy atom. The van der Waals surface area contributed by atoms with Gasteiger partial charge in [0.15, 0.2) is 5.84 Å². The molecule has 19 heavy (non-hydrogen) atoms. The van der Waals surface area contributed by atoms with Gasteiger partial charge in [0, 0.05) is 27.4 Å². The van der Waals surface area contributed by atoms with E-state index in [1.165, 1.54) is 0 Å². The summed E-state index contributed by atoms with van der Waals surface area (Å²) < 4.78 is 1.02. The zero-order chi connectivity index (χ0) is 13.8. The van der Waals surface area contributed by atoms with Crippen molar-refractivity contribution in [1.82, 2.24) is 4.98 Å². The van der Waals surface area contributed by atoms with Gasteiger partial charge in [0.25, 0.3) is 0 Å². The molecule has 2 aromatic rings. The van der Waals surface area contributed by atoms with Gasteiger partial charge >= 0.3 is 0 Å². The van der Waals surface area contributed by atoms with Crippen LogP contribution in [-0.2, 0) is 5.75 Å². The second-order valence-corrected chi connectivity index (χ2v) is 6.32. The Kier molecular flexibility index (Phi) is 4.68. The fourth-order valence-electron chi connectivity index (χ4n) is 1.42. The molecule has 1 aromatic heterocycles. The van der Waals surface area contributed by atoms with Gasteiger partial charge in [-0.1, -0.05) is 40.7 Å². The van der Waals surface area contributed by atoms with E-state index in [1.54, 1.807) is 35.2 Å². The van der Waals surface area contributed by atoms with Gasteiger partial charge in [-0.05, 0) is 18.6 Å². The summed E-state index contributed by atoms with van der Waals surface area (Å²) in [5.74, 6) is 0.791. The van der Waals surface area contributed by atoms with E-state index in [2.05, 4.69) is 10.1 Å². The molecule has 0 bridgehead atoms. The van der Waals surface area contributed by atoms with E-state index in [1.807, 2.05) is 18.4 Å². The van der Waals surface area contributed by atoms with E-state index in [4.69, 9.17) is 22.5 Å². The molecule has 4 nitrogen and oxygen atoms in total. The molecule has 0 saturated carbocycles. The Labute approximate surface area is 124 Å². The van der Waals surface area contributed by atoms with Crippen LogP contribution in [-0.4, -0.2) is 16.0 Å². The molecule has 0 atom stereocenters. The van der Waals surface area contributed by atoms with Crippen molar-refractivity contribution in [1.29, 1.82) is 0 Å². The summed E-state index contributed by atoms with van der Waals surface area (Å²) in [6, 6.07) is 5.35. The van der Waals surface area contributed by atoms with Crippen molar-refractivity contribution in [2.24, 2.45) is 10.9 Å². The molecule has 7 heteroatoms. The predicted octanol–water partition coefficient (Wildman–Crippen LogP) is 3.49. The van der Waals surface area contributed by atoms with E-state index in [0.29, 0.717) is 10.6 Å². The van der Waals surface area contributed by atoms with Gasteiger partial charge in [0.1, 0.15) is 4.34 Å². The molecule has 0 unspecified atom stereocenters. The van der Waals surface area contributed by atoms with Gasteiger partial charge < -0.3 is 10.9 Å². The van der Waals surface area contributed by atoms with Gasteiger partial charge in [-0.15, -0.1) is 11.3 Å². The van der Waals surface area contributed by atoms with Crippen LogP contribution in [0.1, 0.15) is 16.8 Å². The van der Waals surface area contributed by atoms with Crippen LogP contribution >= 0.6 is 34.7 Å². The molecule has 0 fully saturated rings. The van der Waals surface area contributed by atoms with Crippen LogP contribution in [0.4, 0.5) is 0 Å². The second kappa shape index (κ2) is 6.27. The van der Waals surface area contributed by atoms with E-state index in [0.717, 1.165) is 21.3 Å². The van der Waals surface area contributed by atoms with Crippen LogP contribution in [0.3, 0.4) is 0 Å². The fraction of sp³-hybridized carbons (Fsp3) is 0.167. The first-order chi connectivity index (χ1) is 9.10. The number of benzene rings is 1. The lowest BCUT2D eigenvalue weighted by molar-refractivity contribution is 0.318. The quantitative estimate of drug-likeness (QED) is 0.298. The number of halogens is 1. The lowest BCUT2D eigenvalue weighted by atomic mass is 10.1. The standard InChI is InChI=1S/C12H12ClN3OS2/c1-7-5-18-12(15-7)19-6-9-3-2-8(4-10(9)13)11(14)16-17/h2-5,17H,6H2,1H3,(H2,14,16). The highest BCUT2D eigenvalue weighted by Gasteiger charge is 2.07. The van der Waals surface area contributed by atoms with Gasteiger partial charge in [-0.2, -0.15) is 0 Å². The van der Waals surface area contributed by atoms with Crippen LogP contribution < -0.4 is 5.73 Å². The number of hydrogen-bond acceptors (Lipinski definition) is 5. The molecule has 2 rings (SSSR count). The van der Waals surface area contributed by atoms with Crippen molar-refractivity contribution in [3.63, 3.8) is 0 Å². The summed E-state index contributed by atoms with van der Waals surface area (Å²) >= 11 is 9.44. The number of nitrogens with two attached hydrogens (primary N) is 1. The maximum Gasteiger partial charge on any atom is 0.170 e. The molecule has 0 saturated heterocycles. The second-order valence-electron chi connectivity index (χ2n) is 3.83. The van der Waals surface area contributed by atoms with Crippen molar-refractivity contribution in [3.8, 4) is 0 Å². The van der Waals surface area contributed by atoms with Crippen LogP contribution in [0.5, 0.6) is 0 Å². The van der Waals surface area contributed by atoms with Crippen molar-refractivity contribution in [2.45, 2.75) is 17.0 Å². The number of amidine groups is 1. The van der Waals surface area contributed by atoms with Gasteiger partial charge in [-0.3, -0.25) is 0 Å². The van der Waals surface area contributed by atoms with Crippen LogP contribution in [0.2, 0.25) is 5.02 Å². The third-order valence-corrected chi connectivity index (χ3v) is 4.95. The zero-order valence-corrected chi connectivity index (χ0v) is 12.5. The highest BCUT2D eigenvalue weighted by atomic mass is 35.5. The van der Waals surface area contributed by atoms with Crippen LogP contribution in [0.25, 0.3) is 0 Å². The highest BCUT2D eigenvalue weighted by molar-refractivity contribution is 8.00. The molecular weight excluding hydrogens is 302 g/mol. The van der Waals surface area contributed by atoms with E-state index < -0.39 is 0 Å². The summed E-state index contributed by atoms with van der Waals surface area (Å²) in [5.41, 5.74) is 8.13. The number of thioether (sulfide) groups is 1. The minimum Gasteiger partial charge on any atom is -0.409 e. The SMILES string of the molecule is Cc1csc(SCc2ccc(/C(N)=N/O)cc2Cl)n1. The summed E-state index contributed by atoms with van der Waals surface area (Å²) in [4.78, 5) is 4.38. The first kappa shape index (κ1) is 14.2. The van der Waals surface area contributed by atoms with Crippen LogP contribution in [0.15, 0.2) is 33.1 Å². The van der Waals surface area contributed by atoms with Crippen LogP contribution in [0, 0.1) is 6.92 Å².